The second-order valence-corrected chi connectivity index (χ2v) is 15.8. The van der Waals surface area contributed by atoms with Gasteiger partial charge in [-0.1, -0.05) is 36.7 Å². The zero-order chi connectivity index (χ0) is 24.1. The summed E-state index contributed by atoms with van der Waals surface area (Å²) in [4.78, 5) is 0. The van der Waals surface area contributed by atoms with E-state index in [1.165, 1.54) is 0 Å². The first kappa shape index (κ1) is 27.8. The van der Waals surface area contributed by atoms with Gasteiger partial charge in [0.15, 0.2) is 14.6 Å². The Morgan fingerprint density at radius 2 is 1.88 bits per heavy atom. The Morgan fingerprint density at radius 1 is 1.19 bits per heavy atom. The minimum Gasteiger partial charge on any atom is -0.490 e. The summed E-state index contributed by atoms with van der Waals surface area (Å²) in [7, 11) is -1.85. The van der Waals surface area contributed by atoms with Crippen molar-refractivity contribution >= 4 is 51.1 Å². The molecule has 2 rings (SSSR count). The first-order chi connectivity index (χ1) is 14.9. The molecular weight excluding hydrogens is 556 g/mol. The van der Waals surface area contributed by atoms with Crippen LogP contribution in [0.4, 0.5) is 0 Å². The zero-order valence-corrected chi connectivity index (χ0v) is 24.7. The number of rotatable bonds is 12. The van der Waals surface area contributed by atoms with E-state index < -0.39 is 8.32 Å². The molecule has 2 unspecified atom stereocenters. The highest BCUT2D eigenvalue weighted by molar-refractivity contribution is 9.10. The van der Waals surface area contributed by atoms with E-state index in [1.54, 1.807) is 0 Å². The van der Waals surface area contributed by atoms with Crippen LogP contribution >= 0.6 is 31.9 Å². The Bertz CT molecular complexity index is 870. The van der Waals surface area contributed by atoms with E-state index in [9.17, 15) is 0 Å². The van der Waals surface area contributed by atoms with Crippen molar-refractivity contribution in [2.75, 3.05) is 18.5 Å². The number of hydrogen-bond donors (Lipinski definition) is 0. The van der Waals surface area contributed by atoms with Crippen molar-refractivity contribution in [3.63, 3.8) is 0 Å². The lowest BCUT2D eigenvalue weighted by Gasteiger charge is -2.38. The van der Waals surface area contributed by atoms with Crippen molar-refractivity contribution in [3.05, 3.63) is 22.8 Å². The van der Waals surface area contributed by atoms with Gasteiger partial charge in [-0.25, -0.2) is 0 Å². The third-order valence-electron chi connectivity index (χ3n) is 5.82. The molecule has 1 aromatic carbocycles. The van der Waals surface area contributed by atoms with Crippen LogP contribution in [0.25, 0.3) is 10.9 Å². The van der Waals surface area contributed by atoms with Crippen molar-refractivity contribution in [1.82, 2.24) is 9.78 Å². The van der Waals surface area contributed by atoms with Gasteiger partial charge < -0.3 is 18.6 Å². The summed E-state index contributed by atoms with van der Waals surface area (Å²) in [6.45, 7) is 19.0. The van der Waals surface area contributed by atoms with Crippen molar-refractivity contribution in [3.8, 4) is 5.75 Å². The van der Waals surface area contributed by atoms with Crippen molar-refractivity contribution in [1.29, 1.82) is 0 Å². The highest BCUT2D eigenvalue weighted by Crippen LogP contribution is 2.38. The quantitative estimate of drug-likeness (QED) is 0.155. The fourth-order valence-corrected chi connectivity index (χ4v) is 5.63. The Labute approximate surface area is 210 Å². The smallest absolute Gasteiger partial charge is 0.192 e. The minimum absolute atomic E-state index is 0.0571. The van der Waals surface area contributed by atoms with E-state index in [-0.39, 0.29) is 23.5 Å². The lowest BCUT2D eigenvalue weighted by atomic mass is 10.2. The molecule has 1 heterocycles. The summed E-state index contributed by atoms with van der Waals surface area (Å²) in [6, 6.07) is 4.00. The summed E-state index contributed by atoms with van der Waals surface area (Å²) in [5, 5.41) is 6.50. The van der Waals surface area contributed by atoms with Crippen LogP contribution in [-0.4, -0.2) is 55.1 Å². The number of halogens is 2. The summed E-state index contributed by atoms with van der Waals surface area (Å²) < 4.78 is 26.9. The molecule has 0 amide bonds. The molecule has 0 aliphatic carbocycles. The maximum absolute atomic E-state index is 6.54. The van der Waals surface area contributed by atoms with E-state index in [0.717, 1.165) is 21.1 Å². The number of benzene rings is 1. The molecule has 0 spiro atoms. The molecule has 0 aliphatic heterocycles. The van der Waals surface area contributed by atoms with Gasteiger partial charge in [-0.2, -0.15) is 5.10 Å². The van der Waals surface area contributed by atoms with Gasteiger partial charge in [0, 0.05) is 17.3 Å². The maximum Gasteiger partial charge on any atom is 0.192 e. The molecule has 2 aromatic rings. The highest BCUT2D eigenvalue weighted by atomic mass is 79.9. The summed E-state index contributed by atoms with van der Waals surface area (Å²) in [5.41, 5.74) is 1.01. The molecule has 6 nitrogen and oxygen atoms in total. The van der Waals surface area contributed by atoms with E-state index in [4.69, 9.17) is 18.6 Å². The first-order valence-corrected chi connectivity index (χ1v) is 16.0. The Balaban J connectivity index is 2.14. The number of nitrogens with zero attached hydrogens (tertiary/aromatic N) is 2. The fraction of sp³-hybridized carbons (Fsp3) is 0.696. The van der Waals surface area contributed by atoms with Gasteiger partial charge in [0.2, 0.25) is 0 Å². The van der Waals surface area contributed by atoms with Gasteiger partial charge in [-0.3, -0.25) is 4.68 Å². The lowest BCUT2D eigenvalue weighted by Crippen LogP contribution is -2.44. The second-order valence-electron chi connectivity index (χ2n) is 9.58. The summed E-state index contributed by atoms with van der Waals surface area (Å²) in [5.74, 6) is 0.760. The van der Waals surface area contributed by atoms with Crippen LogP contribution in [-0.2, 0) is 20.4 Å². The minimum atomic E-state index is -1.85. The van der Waals surface area contributed by atoms with Gasteiger partial charge in [-0.05, 0) is 67.0 Å². The third kappa shape index (κ3) is 7.27. The van der Waals surface area contributed by atoms with Crippen LogP contribution in [0.3, 0.4) is 0 Å². The molecule has 0 fully saturated rings. The standard InChI is InChI=1S/C23H38Br2N2O4Si/c1-9-28-17(3)30-19(12-24)15-29-20-11-10-18-13-26-27(22(18)21(20)25)14-16(2)31-32(7,8)23(4,5)6/h10-11,13,16-17,19H,9,12,14-15H2,1-8H3/t16?,17-,19?/m0/s1. The topological polar surface area (TPSA) is 54.7 Å². The molecule has 0 saturated heterocycles. The van der Waals surface area contributed by atoms with Crippen LogP contribution in [0.5, 0.6) is 5.75 Å². The predicted molar refractivity (Wildman–Crippen MR) is 140 cm³/mol. The van der Waals surface area contributed by atoms with Crippen molar-refractivity contribution in [2.24, 2.45) is 0 Å². The van der Waals surface area contributed by atoms with Gasteiger partial charge in [0.1, 0.15) is 18.5 Å². The lowest BCUT2D eigenvalue weighted by molar-refractivity contribution is -0.157. The van der Waals surface area contributed by atoms with E-state index in [1.807, 2.05) is 36.9 Å². The fourth-order valence-electron chi connectivity index (χ4n) is 3.18. The van der Waals surface area contributed by atoms with Gasteiger partial charge in [-0.15, -0.1) is 0 Å². The molecule has 0 N–H and O–H groups in total. The maximum atomic E-state index is 6.54. The molecule has 32 heavy (non-hydrogen) atoms. The molecule has 0 saturated carbocycles. The molecule has 3 atom stereocenters. The molecule has 0 radical (unpaired) electrons. The van der Waals surface area contributed by atoms with Crippen molar-refractivity contribution in [2.45, 2.75) is 84.7 Å². The molecule has 182 valence electrons. The largest absolute Gasteiger partial charge is 0.490 e. The molecule has 9 heteroatoms. The summed E-state index contributed by atoms with van der Waals surface area (Å²) in [6.07, 6.45) is 1.54. The number of ether oxygens (including phenoxy) is 3. The van der Waals surface area contributed by atoms with E-state index in [2.05, 4.69) is 77.7 Å². The molecule has 0 bridgehead atoms. The average molecular weight is 594 g/mol. The Hall–Kier alpha value is -0.453. The van der Waals surface area contributed by atoms with Crippen molar-refractivity contribution < 1.29 is 18.6 Å². The number of alkyl halides is 1. The molecular formula is C23H38Br2N2O4Si. The van der Waals surface area contributed by atoms with Crippen LogP contribution in [0.15, 0.2) is 22.8 Å². The average Bonchev–Trinajstić information content (AvgIpc) is 3.08. The third-order valence-corrected chi connectivity index (χ3v) is 11.9. The van der Waals surface area contributed by atoms with Gasteiger partial charge in [0.25, 0.3) is 0 Å². The Morgan fingerprint density at radius 3 is 2.47 bits per heavy atom. The van der Waals surface area contributed by atoms with E-state index >= 15 is 0 Å². The monoisotopic (exact) mass is 592 g/mol. The predicted octanol–water partition coefficient (Wildman–Crippen LogP) is 6.75. The van der Waals surface area contributed by atoms with Crippen LogP contribution in [0.2, 0.25) is 18.1 Å². The van der Waals surface area contributed by atoms with Crippen LogP contribution in [0, 0.1) is 0 Å². The molecule has 1 aromatic heterocycles. The van der Waals surface area contributed by atoms with Crippen LogP contribution < -0.4 is 4.74 Å². The van der Waals surface area contributed by atoms with E-state index in [0.29, 0.717) is 25.1 Å². The normalized spacial score (nSPS) is 15.7. The van der Waals surface area contributed by atoms with Crippen LogP contribution in [0.1, 0.15) is 41.5 Å². The highest BCUT2D eigenvalue weighted by Gasteiger charge is 2.38. The number of hydrogen-bond acceptors (Lipinski definition) is 5. The van der Waals surface area contributed by atoms with Gasteiger partial charge in [0.05, 0.1) is 28.8 Å². The first-order valence-electron chi connectivity index (χ1n) is 11.2. The number of aromatic nitrogens is 2. The Kier molecular flexibility index (Phi) is 10.2. The van der Waals surface area contributed by atoms with Gasteiger partial charge >= 0.3 is 0 Å². The SMILES string of the molecule is CCO[C@H](C)OC(CBr)COc1ccc2cnn(CC(C)O[Si](C)(C)C(C)(C)C)c2c1Br. The zero-order valence-electron chi connectivity index (χ0n) is 20.6. The molecule has 0 aliphatic rings. The second kappa shape index (κ2) is 11.8. The number of fused-ring (bicyclic) bond motifs is 1. The summed E-state index contributed by atoms with van der Waals surface area (Å²) >= 11 is 7.25.